The molecular weight excluding hydrogens is 252 g/mol. The van der Waals surface area contributed by atoms with E-state index in [0.29, 0.717) is 24.6 Å². The van der Waals surface area contributed by atoms with Gasteiger partial charge in [0.2, 0.25) is 5.91 Å². The van der Waals surface area contributed by atoms with Crippen molar-refractivity contribution in [2.45, 2.75) is 38.1 Å². The highest BCUT2D eigenvalue weighted by Crippen LogP contribution is 2.18. The first-order chi connectivity index (χ1) is 9.69. The van der Waals surface area contributed by atoms with E-state index in [1.807, 2.05) is 24.1 Å². The van der Waals surface area contributed by atoms with E-state index >= 15 is 0 Å². The summed E-state index contributed by atoms with van der Waals surface area (Å²) in [5, 5.41) is 3.09. The molecule has 0 bridgehead atoms. The molecule has 0 radical (unpaired) electrons. The monoisotopic (exact) mass is 274 g/mol. The molecule has 1 fully saturated rings. The maximum absolute atomic E-state index is 11.9. The minimum absolute atomic E-state index is 0.133. The van der Waals surface area contributed by atoms with Crippen LogP contribution in [0, 0.1) is 0 Å². The Hall–Kier alpha value is -1.84. The Morgan fingerprint density at radius 1 is 1.30 bits per heavy atom. The third-order valence-corrected chi connectivity index (χ3v) is 3.86. The van der Waals surface area contributed by atoms with E-state index in [0.717, 1.165) is 24.8 Å². The average Bonchev–Trinajstić information content (AvgIpc) is 2.97. The van der Waals surface area contributed by atoms with Crippen LogP contribution in [-0.2, 0) is 4.79 Å². The van der Waals surface area contributed by atoms with Gasteiger partial charge in [0.25, 0.3) is 0 Å². The molecule has 1 aliphatic rings. The summed E-state index contributed by atoms with van der Waals surface area (Å²) < 4.78 is 0. The van der Waals surface area contributed by atoms with E-state index in [4.69, 9.17) is 0 Å². The molecule has 0 saturated heterocycles. The van der Waals surface area contributed by atoms with Crippen molar-refractivity contribution in [1.29, 1.82) is 0 Å². The number of hydrogen-bond acceptors (Lipinski definition) is 3. The maximum atomic E-state index is 11.9. The van der Waals surface area contributed by atoms with Gasteiger partial charge in [0.15, 0.2) is 0 Å². The first-order valence-corrected chi connectivity index (χ1v) is 7.25. The second kappa shape index (κ2) is 7.08. The maximum Gasteiger partial charge on any atom is 0.221 e. The molecular formula is C16H22N2O2. The van der Waals surface area contributed by atoms with Crippen molar-refractivity contribution in [2.75, 3.05) is 18.5 Å². The molecule has 108 valence electrons. The number of anilines is 1. The standard InChI is InChI=1S/C16H22N2O2/c1-18(15-8-6-13(12-19)7-9-15)11-10-16(20)17-14-4-2-3-5-14/h6-9,12,14H,2-5,10-11H2,1H3,(H,17,20). The predicted octanol–water partition coefficient (Wildman–Crippen LogP) is 2.38. The third-order valence-electron chi connectivity index (χ3n) is 3.86. The Labute approximate surface area is 120 Å². The fourth-order valence-corrected chi connectivity index (χ4v) is 2.58. The van der Waals surface area contributed by atoms with Gasteiger partial charge in [0.1, 0.15) is 6.29 Å². The molecule has 0 heterocycles. The summed E-state index contributed by atoms with van der Waals surface area (Å²) in [6.07, 6.45) is 6.03. The van der Waals surface area contributed by atoms with Gasteiger partial charge in [0.05, 0.1) is 0 Å². The molecule has 0 spiro atoms. The number of amides is 1. The molecule has 0 unspecified atom stereocenters. The molecule has 0 aliphatic heterocycles. The summed E-state index contributed by atoms with van der Waals surface area (Å²) in [5.41, 5.74) is 1.69. The molecule has 0 atom stereocenters. The Balaban J connectivity index is 1.76. The van der Waals surface area contributed by atoms with Crippen molar-refractivity contribution in [3.05, 3.63) is 29.8 Å². The molecule has 1 saturated carbocycles. The highest BCUT2D eigenvalue weighted by molar-refractivity contribution is 5.77. The minimum atomic E-state index is 0.133. The van der Waals surface area contributed by atoms with Gasteiger partial charge in [-0.1, -0.05) is 12.8 Å². The van der Waals surface area contributed by atoms with E-state index < -0.39 is 0 Å². The molecule has 0 aromatic heterocycles. The molecule has 1 amide bonds. The second-order valence-corrected chi connectivity index (χ2v) is 5.43. The van der Waals surface area contributed by atoms with E-state index in [2.05, 4.69) is 5.32 Å². The zero-order valence-corrected chi connectivity index (χ0v) is 12.0. The minimum Gasteiger partial charge on any atom is -0.374 e. The Morgan fingerprint density at radius 2 is 1.95 bits per heavy atom. The van der Waals surface area contributed by atoms with Crippen LogP contribution >= 0.6 is 0 Å². The lowest BCUT2D eigenvalue weighted by atomic mass is 10.2. The van der Waals surface area contributed by atoms with Crippen molar-refractivity contribution >= 4 is 17.9 Å². The first-order valence-electron chi connectivity index (χ1n) is 7.25. The normalized spacial score (nSPS) is 15.1. The lowest BCUT2D eigenvalue weighted by molar-refractivity contribution is -0.121. The second-order valence-electron chi connectivity index (χ2n) is 5.43. The quantitative estimate of drug-likeness (QED) is 0.810. The van der Waals surface area contributed by atoms with Crippen molar-refractivity contribution < 1.29 is 9.59 Å². The lowest BCUT2D eigenvalue weighted by Crippen LogP contribution is -2.34. The highest BCUT2D eigenvalue weighted by atomic mass is 16.1. The van der Waals surface area contributed by atoms with Gasteiger partial charge in [-0.15, -0.1) is 0 Å². The Bertz CT molecular complexity index is 450. The molecule has 1 aromatic carbocycles. The van der Waals surface area contributed by atoms with Gasteiger partial charge in [0, 0.05) is 37.3 Å². The van der Waals surface area contributed by atoms with Crippen LogP contribution in [0.15, 0.2) is 24.3 Å². The number of nitrogens with zero attached hydrogens (tertiary/aromatic N) is 1. The van der Waals surface area contributed by atoms with Gasteiger partial charge in [-0.3, -0.25) is 9.59 Å². The number of aldehydes is 1. The van der Waals surface area contributed by atoms with Crippen molar-refractivity contribution in [2.24, 2.45) is 0 Å². The molecule has 4 nitrogen and oxygen atoms in total. The van der Waals surface area contributed by atoms with Gasteiger partial charge in [-0.2, -0.15) is 0 Å². The predicted molar refractivity (Wildman–Crippen MR) is 80.1 cm³/mol. The summed E-state index contributed by atoms with van der Waals surface area (Å²) >= 11 is 0. The van der Waals surface area contributed by atoms with Crippen LogP contribution in [0.3, 0.4) is 0 Å². The largest absolute Gasteiger partial charge is 0.374 e. The average molecular weight is 274 g/mol. The number of carbonyl (C=O) groups is 2. The van der Waals surface area contributed by atoms with E-state index in [1.54, 1.807) is 12.1 Å². The first kappa shape index (κ1) is 14.6. The zero-order valence-electron chi connectivity index (χ0n) is 12.0. The number of carbonyl (C=O) groups excluding carboxylic acids is 2. The number of rotatable bonds is 6. The summed E-state index contributed by atoms with van der Waals surface area (Å²) in [6, 6.07) is 7.77. The molecule has 2 rings (SSSR count). The highest BCUT2D eigenvalue weighted by Gasteiger charge is 2.17. The molecule has 1 aromatic rings. The van der Waals surface area contributed by atoms with Crippen LogP contribution in [-0.4, -0.2) is 31.8 Å². The fraction of sp³-hybridized carbons (Fsp3) is 0.500. The summed E-state index contributed by atoms with van der Waals surface area (Å²) in [4.78, 5) is 24.5. The van der Waals surface area contributed by atoms with Crippen LogP contribution in [0.25, 0.3) is 0 Å². The SMILES string of the molecule is CN(CCC(=O)NC1CCCC1)c1ccc(C=O)cc1. The number of nitrogens with one attached hydrogen (secondary N) is 1. The third kappa shape index (κ3) is 4.08. The fourth-order valence-electron chi connectivity index (χ4n) is 2.58. The molecule has 1 N–H and O–H groups in total. The van der Waals surface area contributed by atoms with Gasteiger partial charge in [-0.25, -0.2) is 0 Å². The van der Waals surface area contributed by atoms with Crippen LogP contribution in [0.2, 0.25) is 0 Å². The molecule has 1 aliphatic carbocycles. The topological polar surface area (TPSA) is 49.4 Å². The summed E-state index contributed by atoms with van der Waals surface area (Å²) in [6.45, 7) is 0.680. The van der Waals surface area contributed by atoms with Gasteiger partial charge >= 0.3 is 0 Å². The van der Waals surface area contributed by atoms with Crippen LogP contribution in [0.1, 0.15) is 42.5 Å². The lowest BCUT2D eigenvalue weighted by Gasteiger charge is -2.20. The summed E-state index contributed by atoms with van der Waals surface area (Å²) in [5.74, 6) is 0.133. The number of hydrogen-bond donors (Lipinski definition) is 1. The Morgan fingerprint density at radius 3 is 2.55 bits per heavy atom. The Kier molecular flexibility index (Phi) is 5.16. The summed E-state index contributed by atoms with van der Waals surface area (Å²) in [7, 11) is 1.96. The molecule has 20 heavy (non-hydrogen) atoms. The van der Waals surface area contributed by atoms with E-state index in [1.165, 1.54) is 12.8 Å². The van der Waals surface area contributed by atoms with Gasteiger partial charge in [-0.05, 0) is 37.1 Å². The van der Waals surface area contributed by atoms with Crippen LogP contribution in [0.4, 0.5) is 5.69 Å². The van der Waals surface area contributed by atoms with Gasteiger partial charge < -0.3 is 10.2 Å². The van der Waals surface area contributed by atoms with E-state index in [9.17, 15) is 9.59 Å². The number of benzene rings is 1. The smallest absolute Gasteiger partial charge is 0.221 e. The van der Waals surface area contributed by atoms with Crippen molar-refractivity contribution in [1.82, 2.24) is 5.32 Å². The zero-order chi connectivity index (χ0) is 14.4. The molecule has 4 heteroatoms. The van der Waals surface area contributed by atoms with Crippen molar-refractivity contribution in [3.8, 4) is 0 Å². The van der Waals surface area contributed by atoms with Crippen LogP contribution < -0.4 is 10.2 Å². The van der Waals surface area contributed by atoms with Crippen molar-refractivity contribution in [3.63, 3.8) is 0 Å². The van der Waals surface area contributed by atoms with E-state index in [-0.39, 0.29) is 5.91 Å². The van der Waals surface area contributed by atoms with Crippen LogP contribution in [0.5, 0.6) is 0 Å².